The lowest BCUT2D eigenvalue weighted by Crippen LogP contribution is -2.29. The highest BCUT2D eigenvalue weighted by molar-refractivity contribution is 7.89. The van der Waals surface area contributed by atoms with Gasteiger partial charge in [0.15, 0.2) is 0 Å². The third-order valence-corrected chi connectivity index (χ3v) is 7.82. The van der Waals surface area contributed by atoms with E-state index in [9.17, 15) is 23.3 Å². The largest absolute Gasteiger partial charge is 0.492 e. The molecule has 1 heterocycles. The number of benzene rings is 3. The number of sulfonamides is 1. The first kappa shape index (κ1) is 26.1. The summed E-state index contributed by atoms with van der Waals surface area (Å²) in [6.07, 6.45) is 3.36. The number of nitro groups is 1. The highest BCUT2D eigenvalue weighted by Crippen LogP contribution is 2.23. The number of hydrogen-bond donors (Lipinski definition) is 1. The molecule has 3 aromatic carbocycles. The number of nitrogens with one attached hydrogen (secondary N) is 1. The van der Waals surface area contributed by atoms with E-state index in [0.29, 0.717) is 35.5 Å². The van der Waals surface area contributed by atoms with E-state index >= 15 is 0 Å². The van der Waals surface area contributed by atoms with E-state index in [1.165, 1.54) is 28.6 Å². The maximum atomic E-state index is 13.0. The smallest absolute Gasteiger partial charge is 0.270 e. The van der Waals surface area contributed by atoms with Crippen molar-refractivity contribution in [2.75, 3.05) is 26.2 Å². The van der Waals surface area contributed by atoms with Gasteiger partial charge in [-0.05, 0) is 54.3 Å². The van der Waals surface area contributed by atoms with Crippen LogP contribution in [0, 0.1) is 10.1 Å². The summed E-state index contributed by atoms with van der Waals surface area (Å²) in [6.45, 7) is 1.45. The van der Waals surface area contributed by atoms with Gasteiger partial charge in [-0.15, -0.1) is 0 Å². The van der Waals surface area contributed by atoms with Gasteiger partial charge in [0.25, 0.3) is 11.6 Å². The molecule has 0 aromatic heterocycles. The second-order valence-electron chi connectivity index (χ2n) is 8.46. The zero-order valence-corrected chi connectivity index (χ0v) is 20.9. The minimum absolute atomic E-state index is 0.0609. The number of non-ortho nitro benzene ring substituents is 1. The summed E-state index contributed by atoms with van der Waals surface area (Å²) < 4.78 is 32.5. The first-order valence-electron chi connectivity index (χ1n) is 11.9. The maximum absolute atomic E-state index is 13.0. The van der Waals surface area contributed by atoms with Crippen LogP contribution < -0.4 is 10.1 Å². The van der Waals surface area contributed by atoms with Crippen molar-refractivity contribution in [2.45, 2.75) is 17.7 Å². The van der Waals surface area contributed by atoms with Crippen LogP contribution in [0.25, 0.3) is 11.6 Å². The van der Waals surface area contributed by atoms with Gasteiger partial charge in [0.05, 0.1) is 16.4 Å². The average molecular weight is 522 g/mol. The van der Waals surface area contributed by atoms with E-state index in [1.807, 2.05) is 6.07 Å². The Hall–Kier alpha value is -4.02. The minimum atomic E-state index is -3.48. The molecule has 0 unspecified atom stereocenters. The van der Waals surface area contributed by atoms with E-state index in [-0.39, 0.29) is 29.6 Å². The van der Waals surface area contributed by atoms with Crippen LogP contribution in [0.3, 0.4) is 0 Å². The Morgan fingerprint density at radius 3 is 2.38 bits per heavy atom. The van der Waals surface area contributed by atoms with Crippen molar-refractivity contribution in [1.82, 2.24) is 9.62 Å². The van der Waals surface area contributed by atoms with Gasteiger partial charge in [-0.2, -0.15) is 4.31 Å². The summed E-state index contributed by atoms with van der Waals surface area (Å²) in [4.78, 5) is 23.9. The molecule has 1 amide bonds. The second-order valence-corrected chi connectivity index (χ2v) is 10.4. The maximum Gasteiger partial charge on any atom is 0.270 e. The predicted octanol–water partition coefficient (Wildman–Crippen LogP) is 4.12. The van der Waals surface area contributed by atoms with Crippen molar-refractivity contribution >= 4 is 33.3 Å². The first-order chi connectivity index (χ1) is 17.8. The molecule has 1 fully saturated rings. The number of amides is 1. The Morgan fingerprint density at radius 1 is 1.00 bits per heavy atom. The van der Waals surface area contributed by atoms with Gasteiger partial charge < -0.3 is 10.1 Å². The van der Waals surface area contributed by atoms with Crippen molar-refractivity contribution in [2.24, 2.45) is 0 Å². The van der Waals surface area contributed by atoms with Crippen molar-refractivity contribution in [3.63, 3.8) is 0 Å². The van der Waals surface area contributed by atoms with Gasteiger partial charge in [-0.3, -0.25) is 14.9 Å². The van der Waals surface area contributed by atoms with Crippen LogP contribution in [0.15, 0.2) is 83.8 Å². The van der Waals surface area contributed by atoms with Gasteiger partial charge in [0.1, 0.15) is 12.4 Å². The molecule has 0 bridgehead atoms. The highest BCUT2D eigenvalue weighted by Gasteiger charge is 2.27. The number of nitro benzene ring substituents is 1. The lowest BCUT2D eigenvalue weighted by molar-refractivity contribution is -0.384. The Bertz CT molecular complexity index is 1380. The molecule has 192 valence electrons. The molecule has 1 aliphatic rings. The van der Waals surface area contributed by atoms with Crippen LogP contribution >= 0.6 is 0 Å². The van der Waals surface area contributed by atoms with E-state index in [2.05, 4.69) is 5.32 Å². The van der Waals surface area contributed by atoms with Crippen LogP contribution in [0.2, 0.25) is 0 Å². The number of nitrogens with zero attached hydrogens (tertiary/aromatic N) is 2. The molecule has 1 N–H and O–H groups in total. The third kappa shape index (κ3) is 6.60. The zero-order chi connectivity index (χ0) is 26.3. The molecule has 0 aliphatic carbocycles. The summed E-state index contributed by atoms with van der Waals surface area (Å²) in [5.74, 6) is 0.137. The fraction of sp³-hybridized carbons (Fsp3) is 0.222. The van der Waals surface area contributed by atoms with Crippen LogP contribution in [0.4, 0.5) is 5.69 Å². The van der Waals surface area contributed by atoms with Gasteiger partial charge in [-0.1, -0.05) is 42.5 Å². The van der Waals surface area contributed by atoms with E-state index in [4.69, 9.17) is 4.74 Å². The SMILES string of the molecule is O=C(NCCOc1ccc(S(=O)(=O)N2CCCC2)cc1)/C(=C/c1cccc([N+](=O)[O-])c1)c1ccccc1. The fourth-order valence-corrected chi connectivity index (χ4v) is 5.52. The molecule has 10 heteroatoms. The Kier molecular flexibility index (Phi) is 8.32. The van der Waals surface area contributed by atoms with Crippen molar-refractivity contribution < 1.29 is 22.9 Å². The number of carbonyl (C=O) groups is 1. The standard InChI is InChI=1S/C27H27N3O6S/c31-27(26(22-8-2-1-3-9-22)20-21-7-6-10-23(19-21)30(32)33)28-15-18-36-24-11-13-25(14-12-24)37(34,35)29-16-4-5-17-29/h1-3,6-14,19-20H,4-5,15-18H2,(H,28,31)/b26-20+. The molecule has 4 rings (SSSR count). The van der Waals surface area contributed by atoms with Crippen LogP contribution in [0.1, 0.15) is 24.0 Å². The van der Waals surface area contributed by atoms with Gasteiger partial charge in [0, 0.05) is 30.8 Å². The highest BCUT2D eigenvalue weighted by atomic mass is 32.2. The predicted molar refractivity (Wildman–Crippen MR) is 140 cm³/mol. The van der Waals surface area contributed by atoms with Crippen molar-refractivity contribution in [3.8, 4) is 5.75 Å². The van der Waals surface area contributed by atoms with Crippen molar-refractivity contribution in [3.05, 3.63) is 100 Å². The molecule has 37 heavy (non-hydrogen) atoms. The molecule has 0 saturated carbocycles. The third-order valence-electron chi connectivity index (χ3n) is 5.90. The Labute approximate surface area is 215 Å². The number of hydrogen-bond acceptors (Lipinski definition) is 6. The summed E-state index contributed by atoms with van der Waals surface area (Å²) in [7, 11) is -3.48. The zero-order valence-electron chi connectivity index (χ0n) is 20.1. The molecule has 1 aliphatic heterocycles. The van der Waals surface area contributed by atoms with E-state index in [1.54, 1.807) is 54.6 Å². The van der Waals surface area contributed by atoms with Crippen molar-refractivity contribution in [1.29, 1.82) is 0 Å². The fourth-order valence-electron chi connectivity index (χ4n) is 4.01. The van der Waals surface area contributed by atoms with Crippen LogP contribution in [-0.2, 0) is 14.8 Å². The molecule has 0 atom stereocenters. The molecule has 1 saturated heterocycles. The van der Waals surface area contributed by atoms with E-state index < -0.39 is 14.9 Å². The Balaban J connectivity index is 1.38. The topological polar surface area (TPSA) is 119 Å². The van der Waals surface area contributed by atoms with Gasteiger partial charge in [-0.25, -0.2) is 8.42 Å². The molecule has 0 radical (unpaired) electrons. The molecular formula is C27H27N3O6S. The second kappa shape index (κ2) is 11.8. The average Bonchev–Trinajstić information content (AvgIpc) is 3.47. The number of carbonyl (C=O) groups excluding carboxylic acids is 1. The minimum Gasteiger partial charge on any atom is -0.492 e. The lowest BCUT2D eigenvalue weighted by Gasteiger charge is -2.15. The molecule has 3 aromatic rings. The van der Waals surface area contributed by atoms with Crippen LogP contribution in [0.5, 0.6) is 5.75 Å². The van der Waals surface area contributed by atoms with Gasteiger partial charge >= 0.3 is 0 Å². The summed E-state index contributed by atoms with van der Waals surface area (Å²) >= 11 is 0. The number of ether oxygens (including phenoxy) is 1. The normalized spacial score (nSPS) is 14.3. The first-order valence-corrected chi connectivity index (χ1v) is 13.3. The van der Waals surface area contributed by atoms with Gasteiger partial charge in [0.2, 0.25) is 10.0 Å². The number of rotatable bonds is 10. The summed E-state index contributed by atoms with van der Waals surface area (Å²) in [6, 6.07) is 21.3. The summed E-state index contributed by atoms with van der Waals surface area (Å²) in [5.41, 5.74) is 1.50. The Morgan fingerprint density at radius 2 is 1.70 bits per heavy atom. The molecular weight excluding hydrogens is 494 g/mol. The molecule has 0 spiro atoms. The quantitative estimate of drug-likeness (QED) is 0.141. The van der Waals surface area contributed by atoms with Crippen LogP contribution in [-0.4, -0.2) is 49.8 Å². The van der Waals surface area contributed by atoms with E-state index in [0.717, 1.165) is 12.8 Å². The molecule has 9 nitrogen and oxygen atoms in total. The monoisotopic (exact) mass is 521 g/mol. The summed E-state index contributed by atoms with van der Waals surface area (Å²) in [5, 5.41) is 13.9. The lowest BCUT2D eigenvalue weighted by atomic mass is 10.0.